The van der Waals surface area contributed by atoms with Crippen LogP contribution in [0.3, 0.4) is 0 Å². The van der Waals surface area contributed by atoms with Gasteiger partial charge in [0.05, 0.1) is 31.9 Å². The number of aryl methyl sites for hydroxylation is 1. The monoisotopic (exact) mass is 484 g/mol. The summed E-state index contributed by atoms with van der Waals surface area (Å²) in [4.78, 5) is 45.4. The number of aromatic nitrogens is 3. The number of methoxy groups -OCH3 is 1. The molecule has 178 valence electrons. The Morgan fingerprint density at radius 2 is 1.97 bits per heavy atom. The summed E-state index contributed by atoms with van der Waals surface area (Å²) in [5, 5.41) is 0.570. The van der Waals surface area contributed by atoms with Gasteiger partial charge in [0.1, 0.15) is 5.75 Å². The van der Waals surface area contributed by atoms with Gasteiger partial charge in [0, 0.05) is 11.6 Å². The van der Waals surface area contributed by atoms with Gasteiger partial charge in [-0.1, -0.05) is 30.7 Å². The van der Waals surface area contributed by atoms with Gasteiger partial charge < -0.3 is 9.47 Å². The number of nitrogens with one attached hydrogen (secondary N) is 1. The van der Waals surface area contributed by atoms with E-state index >= 15 is 0 Å². The Hall–Kier alpha value is -3.59. The van der Waals surface area contributed by atoms with Gasteiger partial charge in [-0.3, -0.25) is 14.3 Å². The van der Waals surface area contributed by atoms with Crippen molar-refractivity contribution in [3.05, 3.63) is 85.2 Å². The van der Waals surface area contributed by atoms with Crippen LogP contribution in [0.15, 0.2) is 57.0 Å². The average molecular weight is 485 g/mol. The zero-order chi connectivity index (χ0) is 24.2. The van der Waals surface area contributed by atoms with Gasteiger partial charge in [-0.2, -0.15) is 0 Å². The molecule has 0 spiro atoms. The maximum Gasteiger partial charge on any atom is 0.335 e. The van der Waals surface area contributed by atoms with E-state index in [1.54, 1.807) is 37.3 Å². The molecule has 1 aliphatic heterocycles. The molecule has 2 heterocycles. The second-order valence-corrected chi connectivity index (χ2v) is 8.58. The standard InChI is InChI=1S/C24H25ClN4O5/c1-15(21(30)33-2)13-29-23(31)27-22(26-19-9-10-20-17(12-19)4-3-11-34-20)28(24(29)32)14-16-5-7-18(25)8-6-16/h5-10,12,15H,3-4,11,13-14H2,1-2H3,(H,26,27,31)/t15-/m0/s1. The van der Waals surface area contributed by atoms with Gasteiger partial charge in [-0.15, -0.1) is 0 Å². The van der Waals surface area contributed by atoms with Crippen molar-refractivity contribution < 1.29 is 14.3 Å². The Kier molecular flexibility index (Phi) is 7.02. The fourth-order valence-corrected chi connectivity index (χ4v) is 3.93. The lowest BCUT2D eigenvalue weighted by Gasteiger charge is -2.17. The van der Waals surface area contributed by atoms with Crippen LogP contribution in [-0.4, -0.2) is 33.8 Å². The minimum Gasteiger partial charge on any atom is -0.493 e. The molecule has 0 unspecified atom stereocenters. The third-order valence-electron chi connectivity index (χ3n) is 5.62. The summed E-state index contributed by atoms with van der Waals surface area (Å²) in [7, 11) is 1.26. The summed E-state index contributed by atoms with van der Waals surface area (Å²) in [6, 6.07) is 12.5. The second-order valence-electron chi connectivity index (χ2n) is 8.14. The van der Waals surface area contributed by atoms with Gasteiger partial charge in [-0.25, -0.2) is 19.1 Å². The quantitative estimate of drug-likeness (QED) is 0.540. The fraction of sp³-hybridized carbons (Fsp3) is 0.333. The molecule has 1 aromatic heterocycles. The van der Waals surface area contributed by atoms with E-state index < -0.39 is 23.3 Å². The highest BCUT2D eigenvalue weighted by atomic mass is 35.5. The van der Waals surface area contributed by atoms with E-state index in [2.05, 4.69) is 9.98 Å². The number of aromatic amines is 1. The molecular weight excluding hydrogens is 460 g/mol. The molecular formula is C24H25ClN4O5. The maximum atomic E-state index is 13.4. The lowest BCUT2D eigenvalue weighted by Crippen LogP contribution is -2.51. The Morgan fingerprint density at radius 3 is 2.71 bits per heavy atom. The number of ether oxygens (including phenoxy) is 2. The molecule has 3 aromatic rings. The lowest BCUT2D eigenvalue weighted by atomic mass is 10.1. The highest BCUT2D eigenvalue weighted by molar-refractivity contribution is 6.30. The SMILES string of the molecule is COC(=O)[C@@H](C)Cn1c(=O)[nH]/c(=N\c2ccc3c(c2)CCCO3)n(Cc2ccc(Cl)cc2)c1=O. The normalized spacial score (nSPS) is 14.3. The fourth-order valence-electron chi connectivity index (χ4n) is 3.81. The topological polar surface area (TPSA) is 108 Å². The van der Waals surface area contributed by atoms with Crippen LogP contribution >= 0.6 is 11.6 Å². The molecule has 2 aromatic carbocycles. The molecule has 4 rings (SSSR count). The molecule has 9 nitrogen and oxygen atoms in total. The summed E-state index contributed by atoms with van der Waals surface area (Å²) in [6.07, 6.45) is 1.78. The number of fused-ring (bicyclic) bond motifs is 1. The molecule has 1 aliphatic rings. The zero-order valence-corrected chi connectivity index (χ0v) is 19.7. The molecule has 0 bridgehead atoms. The number of benzene rings is 2. The third kappa shape index (κ3) is 5.14. The van der Waals surface area contributed by atoms with E-state index in [1.165, 1.54) is 11.7 Å². The molecule has 0 radical (unpaired) electrons. The van der Waals surface area contributed by atoms with Crippen LogP contribution in [0.25, 0.3) is 0 Å². The van der Waals surface area contributed by atoms with E-state index in [0.717, 1.165) is 34.3 Å². The minimum absolute atomic E-state index is 0.101. The number of esters is 1. The van der Waals surface area contributed by atoms with E-state index in [1.807, 2.05) is 12.1 Å². The van der Waals surface area contributed by atoms with Gasteiger partial charge >= 0.3 is 17.3 Å². The van der Waals surface area contributed by atoms with Crippen molar-refractivity contribution in [2.45, 2.75) is 32.9 Å². The van der Waals surface area contributed by atoms with Crippen LogP contribution in [0.5, 0.6) is 5.75 Å². The summed E-state index contributed by atoms with van der Waals surface area (Å²) in [5.41, 5.74) is 1.26. The van der Waals surface area contributed by atoms with E-state index in [-0.39, 0.29) is 18.7 Å². The van der Waals surface area contributed by atoms with Crippen LogP contribution in [-0.2, 0) is 29.0 Å². The van der Waals surface area contributed by atoms with Gasteiger partial charge in [0.25, 0.3) is 0 Å². The first-order valence-electron chi connectivity index (χ1n) is 10.9. The van der Waals surface area contributed by atoms with Crippen molar-refractivity contribution in [1.82, 2.24) is 14.1 Å². The first-order valence-corrected chi connectivity index (χ1v) is 11.3. The molecule has 0 amide bonds. The number of hydrogen-bond acceptors (Lipinski definition) is 6. The molecule has 0 fully saturated rings. The molecule has 0 saturated heterocycles. The second kappa shape index (κ2) is 10.1. The predicted octanol–water partition coefficient (Wildman–Crippen LogP) is 2.41. The number of H-pyrrole nitrogens is 1. The van der Waals surface area contributed by atoms with Crippen molar-refractivity contribution in [3.8, 4) is 5.75 Å². The third-order valence-corrected chi connectivity index (χ3v) is 5.87. The number of hydrogen-bond donors (Lipinski definition) is 1. The summed E-state index contributed by atoms with van der Waals surface area (Å²) >= 11 is 6.00. The Balaban J connectivity index is 1.83. The molecule has 34 heavy (non-hydrogen) atoms. The van der Waals surface area contributed by atoms with Crippen LogP contribution in [0, 0.1) is 5.92 Å². The molecule has 0 aliphatic carbocycles. The van der Waals surface area contributed by atoms with Crippen molar-refractivity contribution in [2.75, 3.05) is 13.7 Å². The first kappa shape index (κ1) is 23.6. The first-order chi connectivity index (χ1) is 16.4. The predicted molar refractivity (Wildman–Crippen MR) is 127 cm³/mol. The number of carbonyl (C=O) groups excluding carboxylic acids is 1. The van der Waals surface area contributed by atoms with Crippen LogP contribution < -0.4 is 21.7 Å². The number of nitrogens with zero attached hydrogens (tertiary/aromatic N) is 3. The summed E-state index contributed by atoms with van der Waals surface area (Å²) < 4.78 is 12.7. The summed E-state index contributed by atoms with van der Waals surface area (Å²) in [6.45, 7) is 2.29. The highest BCUT2D eigenvalue weighted by Gasteiger charge is 2.18. The smallest absolute Gasteiger partial charge is 0.335 e. The number of halogens is 1. The Bertz CT molecular complexity index is 1390. The number of rotatable bonds is 6. The zero-order valence-electron chi connectivity index (χ0n) is 18.9. The maximum absolute atomic E-state index is 13.4. The highest BCUT2D eigenvalue weighted by Crippen LogP contribution is 2.28. The van der Waals surface area contributed by atoms with E-state index in [9.17, 15) is 14.4 Å². The van der Waals surface area contributed by atoms with E-state index in [0.29, 0.717) is 17.3 Å². The largest absolute Gasteiger partial charge is 0.493 e. The van der Waals surface area contributed by atoms with Crippen LogP contribution in [0.1, 0.15) is 24.5 Å². The van der Waals surface area contributed by atoms with Crippen molar-refractivity contribution >= 4 is 23.3 Å². The van der Waals surface area contributed by atoms with Crippen molar-refractivity contribution in [3.63, 3.8) is 0 Å². The Labute approximate surface area is 200 Å². The summed E-state index contributed by atoms with van der Waals surface area (Å²) in [5.74, 6) is -0.378. The molecule has 1 atom stereocenters. The van der Waals surface area contributed by atoms with Crippen molar-refractivity contribution in [1.29, 1.82) is 0 Å². The van der Waals surface area contributed by atoms with Gasteiger partial charge in [0.2, 0.25) is 5.62 Å². The minimum atomic E-state index is -0.684. The van der Waals surface area contributed by atoms with E-state index in [4.69, 9.17) is 21.1 Å². The molecule has 1 N–H and O–H groups in total. The Morgan fingerprint density at radius 1 is 1.21 bits per heavy atom. The van der Waals surface area contributed by atoms with Gasteiger partial charge in [0.15, 0.2) is 0 Å². The van der Waals surface area contributed by atoms with Crippen molar-refractivity contribution in [2.24, 2.45) is 10.9 Å². The average Bonchev–Trinajstić information content (AvgIpc) is 2.84. The van der Waals surface area contributed by atoms with Gasteiger partial charge in [-0.05, 0) is 54.3 Å². The van der Waals surface area contributed by atoms with Crippen LogP contribution in [0.2, 0.25) is 5.02 Å². The molecule has 10 heteroatoms. The number of carbonyl (C=O) groups is 1. The lowest BCUT2D eigenvalue weighted by molar-refractivity contribution is -0.145. The molecule has 0 saturated carbocycles. The van der Waals surface area contributed by atoms with Crippen LogP contribution in [0.4, 0.5) is 5.69 Å².